The van der Waals surface area contributed by atoms with Crippen molar-refractivity contribution in [1.29, 1.82) is 0 Å². The van der Waals surface area contributed by atoms with Gasteiger partial charge in [0.2, 0.25) is 0 Å². The van der Waals surface area contributed by atoms with Gasteiger partial charge in [0.1, 0.15) is 0 Å². The third-order valence-corrected chi connectivity index (χ3v) is 4.31. The summed E-state index contributed by atoms with van der Waals surface area (Å²) in [7, 11) is 3.90. The van der Waals surface area contributed by atoms with Gasteiger partial charge in [-0.25, -0.2) is 0 Å². The molecule has 0 aliphatic carbocycles. The average Bonchev–Trinajstić information content (AvgIpc) is 2.89. The molecule has 0 spiro atoms. The van der Waals surface area contributed by atoms with Gasteiger partial charge in [-0.15, -0.1) is 24.0 Å². The van der Waals surface area contributed by atoms with Crippen molar-refractivity contribution in [2.24, 2.45) is 12.0 Å². The van der Waals surface area contributed by atoms with Crippen LogP contribution in [0.2, 0.25) is 0 Å². The van der Waals surface area contributed by atoms with Gasteiger partial charge in [0, 0.05) is 51.2 Å². The second kappa shape index (κ2) is 9.39. The summed E-state index contributed by atoms with van der Waals surface area (Å²) in [6, 6.07) is 5.37. The molecular weight excluding hydrogens is 389 g/mol. The zero-order chi connectivity index (χ0) is 15.2. The van der Waals surface area contributed by atoms with Crippen LogP contribution in [0.1, 0.15) is 32.4 Å². The Labute approximate surface area is 151 Å². The Morgan fingerprint density at radius 3 is 2.55 bits per heavy atom. The van der Waals surface area contributed by atoms with Crippen LogP contribution in [-0.2, 0) is 13.6 Å². The summed E-state index contributed by atoms with van der Waals surface area (Å²) in [6.45, 7) is 7.69. The molecule has 22 heavy (non-hydrogen) atoms. The van der Waals surface area contributed by atoms with Crippen LogP contribution in [0, 0.1) is 0 Å². The number of hydrogen-bond donors (Lipinski definition) is 2. The fourth-order valence-corrected chi connectivity index (χ4v) is 2.80. The minimum Gasteiger partial charge on any atom is -0.354 e. The Bertz CT molecular complexity index is 461. The first-order valence-corrected chi connectivity index (χ1v) is 7.91. The quantitative estimate of drug-likeness (QED) is 0.447. The molecule has 1 fully saturated rings. The summed E-state index contributed by atoms with van der Waals surface area (Å²) in [6.07, 6.45) is 4.43. The van der Waals surface area contributed by atoms with E-state index in [1.54, 1.807) is 0 Å². The maximum absolute atomic E-state index is 4.34. The second-order valence-electron chi connectivity index (χ2n) is 6.08. The number of aryl methyl sites for hydroxylation is 1. The van der Waals surface area contributed by atoms with Crippen LogP contribution in [0.15, 0.2) is 23.3 Å². The van der Waals surface area contributed by atoms with E-state index < -0.39 is 0 Å². The van der Waals surface area contributed by atoms with E-state index >= 15 is 0 Å². The van der Waals surface area contributed by atoms with E-state index in [9.17, 15) is 0 Å². The summed E-state index contributed by atoms with van der Waals surface area (Å²) in [5, 5.41) is 6.95. The van der Waals surface area contributed by atoms with E-state index in [0.29, 0.717) is 12.1 Å². The molecule has 126 valence electrons. The summed E-state index contributed by atoms with van der Waals surface area (Å²) < 4.78 is 2.13. The lowest BCUT2D eigenvalue weighted by Gasteiger charge is -2.35. The SMILES string of the molecule is CN=C(NCc1cccn1C)NC1CCN(C(C)C)CC1.I. The highest BCUT2D eigenvalue weighted by Gasteiger charge is 2.21. The Balaban J connectivity index is 0.00000242. The van der Waals surface area contributed by atoms with Gasteiger partial charge in [0.15, 0.2) is 5.96 Å². The number of piperidine rings is 1. The predicted octanol–water partition coefficient (Wildman–Crippen LogP) is 2.18. The van der Waals surface area contributed by atoms with E-state index in [1.807, 2.05) is 7.05 Å². The first kappa shape index (κ1) is 19.3. The Morgan fingerprint density at radius 2 is 2.05 bits per heavy atom. The fourth-order valence-electron chi connectivity index (χ4n) is 2.80. The lowest BCUT2D eigenvalue weighted by Crippen LogP contribution is -2.49. The number of aliphatic imine (C=N–C) groups is 1. The Morgan fingerprint density at radius 1 is 1.36 bits per heavy atom. The van der Waals surface area contributed by atoms with Gasteiger partial charge in [-0.1, -0.05) is 0 Å². The summed E-state index contributed by atoms with van der Waals surface area (Å²) in [4.78, 5) is 6.88. The standard InChI is InChI=1S/C16H29N5.HI/c1-13(2)21-10-7-14(8-11-21)19-16(17-3)18-12-15-6-5-9-20(15)4;/h5-6,9,13-14H,7-8,10-12H2,1-4H3,(H2,17,18,19);1H. The lowest BCUT2D eigenvalue weighted by molar-refractivity contribution is 0.167. The van der Waals surface area contributed by atoms with Crippen LogP contribution in [0.25, 0.3) is 0 Å². The molecule has 0 atom stereocenters. The zero-order valence-corrected chi connectivity index (χ0v) is 16.5. The molecule has 0 amide bonds. The van der Waals surface area contributed by atoms with Crippen molar-refractivity contribution in [2.45, 2.75) is 45.3 Å². The third kappa shape index (κ3) is 5.46. The van der Waals surface area contributed by atoms with E-state index in [0.717, 1.165) is 12.5 Å². The van der Waals surface area contributed by atoms with E-state index in [1.165, 1.54) is 31.6 Å². The number of aromatic nitrogens is 1. The number of halogens is 1. The number of guanidine groups is 1. The van der Waals surface area contributed by atoms with Crippen LogP contribution in [0.4, 0.5) is 0 Å². The van der Waals surface area contributed by atoms with E-state index in [4.69, 9.17) is 0 Å². The van der Waals surface area contributed by atoms with Gasteiger partial charge in [-0.05, 0) is 38.8 Å². The maximum atomic E-state index is 4.34. The largest absolute Gasteiger partial charge is 0.354 e. The molecule has 0 saturated carbocycles. The molecule has 5 nitrogen and oxygen atoms in total. The molecule has 2 rings (SSSR count). The van der Waals surface area contributed by atoms with Crippen LogP contribution in [0.5, 0.6) is 0 Å². The van der Waals surface area contributed by atoms with Crippen LogP contribution < -0.4 is 10.6 Å². The van der Waals surface area contributed by atoms with Crippen molar-refractivity contribution in [1.82, 2.24) is 20.1 Å². The summed E-state index contributed by atoms with van der Waals surface area (Å²) >= 11 is 0. The van der Waals surface area contributed by atoms with E-state index in [2.05, 4.69) is 64.3 Å². The highest BCUT2D eigenvalue weighted by molar-refractivity contribution is 14.0. The molecule has 1 aromatic heterocycles. The maximum Gasteiger partial charge on any atom is 0.191 e. The molecule has 6 heteroatoms. The molecule has 1 aliphatic heterocycles. The van der Waals surface area contributed by atoms with Gasteiger partial charge in [0.25, 0.3) is 0 Å². The van der Waals surface area contributed by atoms with Crippen molar-refractivity contribution in [3.8, 4) is 0 Å². The van der Waals surface area contributed by atoms with Crippen LogP contribution >= 0.6 is 24.0 Å². The van der Waals surface area contributed by atoms with E-state index in [-0.39, 0.29) is 24.0 Å². The van der Waals surface area contributed by atoms with Gasteiger partial charge >= 0.3 is 0 Å². The number of hydrogen-bond acceptors (Lipinski definition) is 2. The van der Waals surface area contributed by atoms with Crippen molar-refractivity contribution < 1.29 is 0 Å². The molecule has 2 heterocycles. The minimum atomic E-state index is 0. The van der Waals surface area contributed by atoms with Crippen LogP contribution in [-0.4, -0.2) is 47.6 Å². The molecule has 1 aromatic rings. The van der Waals surface area contributed by atoms with Crippen molar-refractivity contribution in [2.75, 3.05) is 20.1 Å². The molecule has 0 bridgehead atoms. The second-order valence-corrected chi connectivity index (χ2v) is 6.08. The van der Waals surface area contributed by atoms with Crippen molar-refractivity contribution >= 4 is 29.9 Å². The van der Waals surface area contributed by atoms with Gasteiger partial charge in [-0.3, -0.25) is 4.99 Å². The van der Waals surface area contributed by atoms with Crippen LogP contribution in [0.3, 0.4) is 0 Å². The summed E-state index contributed by atoms with van der Waals surface area (Å²) in [5.41, 5.74) is 1.26. The smallest absolute Gasteiger partial charge is 0.191 e. The van der Waals surface area contributed by atoms with Crippen molar-refractivity contribution in [3.05, 3.63) is 24.0 Å². The Kier molecular flexibility index (Phi) is 8.24. The first-order chi connectivity index (χ1) is 10.1. The number of rotatable bonds is 4. The average molecular weight is 419 g/mol. The fraction of sp³-hybridized carbons (Fsp3) is 0.688. The van der Waals surface area contributed by atoms with Crippen molar-refractivity contribution in [3.63, 3.8) is 0 Å². The monoisotopic (exact) mass is 419 g/mol. The molecule has 0 aromatic carbocycles. The number of nitrogens with zero attached hydrogens (tertiary/aromatic N) is 3. The molecule has 0 radical (unpaired) electrons. The first-order valence-electron chi connectivity index (χ1n) is 7.91. The normalized spacial score (nSPS) is 17.4. The highest BCUT2D eigenvalue weighted by Crippen LogP contribution is 2.12. The topological polar surface area (TPSA) is 44.6 Å². The summed E-state index contributed by atoms with van der Waals surface area (Å²) in [5.74, 6) is 0.902. The molecule has 1 aliphatic rings. The number of likely N-dealkylation sites (tertiary alicyclic amines) is 1. The van der Waals surface area contributed by atoms with Gasteiger partial charge < -0.3 is 20.1 Å². The van der Waals surface area contributed by atoms with Gasteiger partial charge in [0.05, 0.1) is 6.54 Å². The predicted molar refractivity (Wildman–Crippen MR) is 104 cm³/mol. The Hall–Kier alpha value is -0.760. The minimum absolute atomic E-state index is 0. The number of nitrogens with one attached hydrogen (secondary N) is 2. The van der Waals surface area contributed by atoms with Gasteiger partial charge in [-0.2, -0.15) is 0 Å². The third-order valence-electron chi connectivity index (χ3n) is 4.31. The molecule has 0 unspecified atom stereocenters. The molecule has 1 saturated heterocycles. The molecule has 2 N–H and O–H groups in total. The lowest BCUT2D eigenvalue weighted by atomic mass is 10.0. The molecular formula is C16H30IN5. The highest BCUT2D eigenvalue weighted by atomic mass is 127. The zero-order valence-electron chi connectivity index (χ0n) is 14.2.